The van der Waals surface area contributed by atoms with E-state index in [0.717, 1.165) is 29.8 Å². The molecule has 0 amide bonds. The van der Waals surface area contributed by atoms with E-state index in [0.29, 0.717) is 25.0 Å². The monoisotopic (exact) mass is 438 g/mol. The van der Waals surface area contributed by atoms with Crippen LogP contribution >= 0.6 is 0 Å². The number of hydrogen-bond donors (Lipinski definition) is 1. The van der Waals surface area contributed by atoms with Crippen LogP contribution in [0.25, 0.3) is 11.3 Å². The Morgan fingerprint density at radius 1 is 1.22 bits per heavy atom. The van der Waals surface area contributed by atoms with Gasteiger partial charge in [-0.25, -0.2) is 4.79 Å². The molecule has 5 rings (SSSR count). The van der Waals surface area contributed by atoms with Gasteiger partial charge in [0.2, 0.25) is 0 Å². The second kappa shape index (κ2) is 7.66. The number of benzene rings is 1. The lowest BCUT2D eigenvalue weighted by Gasteiger charge is -2.45. The minimum Gasteiger partial charge on any atom is -0.493 e. The van der Waals surface area contributed by atoms with E-state index in [9.17, 15) is 14.7 Å². The van der Waals surface area contributed by atoms with E-state index in [4.69, 9.17) is 9.47 Å². The van der Waals surface area contributed by atoms with E-state index in [2.05, 4.69) is 24.9 Å². The van der Waals surface area contributed by atoms with E-state index in [1.165, 1.54) is 30.7 Å². The third-order valence-electron chi connectivity index (χ3n) is 7.13. The standard InChI is InChI=1S/C25H30N2O5/c1-25(2)13-19(15-5-6-15)23-18-11-16(32-10-4-9-31-3)7-8-17(18)21-12-22(28)20(24(29)30)14-26(21)27(23)25/h7-8,11-12,14-15,19,23H,4-6,9-10,13H2,1-3H3,(H,29,30). The maximum atomic E-state index is 12.6. The molecule has 2 aliphatic heterocycles. The van der Waals surface area contributed by atoms with E-state index in [-0.39, 0.29) is 17.1 Å². The minimum atomic E-state index is -1.19. The molecule has 1 aliphatic carbocycles. The Morgan fingerprint density at radius 3 is 2.69 bits per heavy atom. The zero-order valence-corrected chi connectivity index (χ0v) is 18.8. The van der Waals surface area contributed by atoms with Crippen molar-refractivity contribution < 1.29 is 19.4 Å². The van der Waals surface area contributed by atoms with Gasteiger partial charge in [-0.2, -0.15) is 0 Å². The number of pyridine rings is 1. The van der Waals surface area contributed by atoms with Gasteiger partial charge in [0, 0.05) is 38.0 Å². The Morgan fingerprint density at radius 2 is 2.00 bits per heavy atom. The van der Waals surface area contributed by atoms with Crippen LogP contribution in [0.15, 0.2) is 35.3 Å². The summed E-state index contributed by atoms with van der Waals surface area (Å²) < 4.78 is 13.0. The first kappa shape index (κ1) is 21.1. The molecule has 1 aromatic heterocycles. The highest BCUT2D eigenvalue weighted by atomic mass is 16.5. The molecule has 2 atom stereocenters. The van der Waals surface area contributed by atoms with Gasteiger partial charge in [0.15, 0.2) is 5.43 Å². The highest BCUT2D eigenvalue weighted by molar-refractivity contribution is 5.88. The molecule has 0 bridgehead atoms. The van der Waals surface area contributed by atoms with Crippen molar-refractivity contribution in [3.05, 3.63) is 51.8 Å². The van der Waals surface area contributed by atoms with Crippen molar-refractivity contribution in [3.63, 3.8) is 0 Å². The number of carboxylic acids is 1. The summed E-state index contributed by atoms with van der Waals surface area (Å²) in [6.07, 6.45) is 5.84. The lowest BCUT2D eigenvalue weighted by molar-refractivity contribution is 0.0694. The molecule has 7 nitrogen and oxygen atoms in total. The number of carbonyl (C=O) groups is 1. The predicted molar refractivity (Wildman–Crippen MR) is 121 cm³/mol. The van der Waals surface area contributed by atoms with Gasteiger partial charge >= 0.3 is 5.97 Å². The van der Waals surface area contributed by atoms with Crippen LogP contribution in [-0.2, 0) is 4.74 Å². The summed E-state index contributed by atoms with van der Waals surface area (Å²) in [6.45, 7) is 5.65. The Labute approximate surface area is 187 Å². The highest BCUT2D eigenvalue weighted by Gasteiger charge is 2.54. The summed E-state index contributed by atoms with van der Waals surface area (Å²) in [6, 6.07) is 7.66. The molecule has 7 heteroatoms. The fraction of sp³-hybridized carbons (Fsp3) is 0.520. The number of hydrogen-bond acceptors (Lipinski definition) is 5. The third-order valence-corrected chi connectivity index (χ3v) is 7.13. The normalized spacial score (nSPS) is 22.8. The Hall–Kier alpha value is -2.80. The number of rotatable bonds is 7. The number of aromatic carboxylic acids is 1. The topological polar surface area (TPSA) is 81.0 Å². The van der Waals surface area contributed by atoms with Crippen molar-refractivity contribution in [2.45, 2.75) is 51.1 Å². The van der Waals surface area contributed by atoms with Crippen LogP contribution in [0.1, 0.15) is 61.5 Å². The van der Waals surface area contributed by atoms with E-state index in [1.807, 2.05) is 16.8 Å². The molecular weight excluding hydrogens is 408 g/mol. The number of methoxy groups -OCH3 is 1. The molecule has 32 heavy (non-hydrogen) atoms. The number of aromatic nitrogens is 1. The average molecular weight is 439 g/mol. The molecule has 0 radical (unpaired) electrons. The predicted octanol–water partition coefficient (Wildman–Crippen LogP) is 3.83. The van der Waals surface area contributed by atoms with Crippen LogP contribution in [0.3, 0.4) is 0 Å². The summed E-state index contributed by atoms with van der Waals surface area (Å²) in [5.74, 6) is 0.789. The van der Waals surface area contributed by atoms with Gasteiger partial charge < -0.3 is 14.6 Å². The van der Waals surface area contributed by atoms with E-state index < -0.39 is 11.4 Å². The maximum absolute atomic E-state index is 12.6. The molecule has 1 saturated carbocycles. The molecule has 1 saturated heterocycles. The Balaban J connectivity index is 1.65. The molecule has 3 heterocycles. The van der Waals surface area contributed by atoms with Gasteiger partial charge in [0.25, 0.3) is 0 Å². The first-order valence-corrected chi connectivity index (χ1v) is 11.4. The van der Waals surface area contributed by atoms with Crippen LogP contribution < -0.4 is 15.2 Å². The van der Waals surface area contributed by atoms with Crippen molar-refractivity contribution >= 4 is 5.97 Å². The molecule has 170 valence electrons. The summed E-state index contributed by atoms with van der Waals surface area (Å²) in [4.78, 5) is 24.3. The van der Waals surface area contributed by atoms with Crippen LogP contribution in [0.4, 0.5) is 0 Å². The molecule has 0 spiro atoms. The molecular formula is C25H30N2O5. The number of carboxylic acid groups (broad SMARTS) is 1. The fourth-order valence-corrected chi connectivity index (χ4v) is 5.64. The van der Waals surface area contributed by atoms with Crippen LogP contribution in [0.2, 0.25) is 0 Å². The van der Waals surface area contributed by atoms with Crippen LogP contribution in [0, 0.1) is 11.8 Å². The highest BCUT2D eigenvalue weighted by Crippen LogP contribution is 2.58. The lowest BCUT2D eigenvalue weighted by atomic mass is 9.84. The summed E-state index contributed by atoms with van der Waals surface area (Å²) >= 11 is 0. The van der Waals surface area contributed by atoms with Crippen LogP contribution in [-0.4, -0.2) is 41.6 Å². The van der Waals surface area contributed by atoms with Crippen molar-refractivity contribution in [3.8, 4) is 17.0 Å². The van der Waals surface area contributed by atoms with Gasteiger partial charge in [-0.3, -0.25) is 14.5 Å². The average Bonchev–Trinajstić information content (AvgIpc) is 3.55. The van der Waals surface area contributed by atoms with E-state index >= 15 is 0 Å². The first-order chi connectivity index (χ1) is 15.3. The molecule has 1 aromatic carbocycles. The molecule has 2 unspecified atom stereocenters. The molecule has 3 aliphatic rings. The smallest absolute Gasteiger partial charge is 0.341 e. The zero-order valence-electron chi connectivity index (χ0n) is 18.8. The van der Waals surface area contributed by atoms with Crippen molar-refractivity contribution in [1.29, 1.82) is 0 Å². The summed E-state index contributed by atoms with van der Waals surface area (Å²) in [7, 11) is 1.68. The fourth-order valence-electron chi connectivity index (χ4n) is 5.64. The number of ether oxygens (including phenoxy) is 2. The van der Waals surface area contributed by atoms with Crippen molar-refractivity contribution in [2.75, 3.05) is 25.3 Å². The van der Waals surface area contributed by atoms with Crippen molar-refractivity contribution in [2.24, 2.45) is 11.8 Å². The van der Waals surface area contributed by atoms with Crippen LogP contribution in [0.5, 0.6) is 5.75 Å². The van der Waals surface area contributed by atoms with Gasteiger partial charge in [-0.05, 0) is 68.7 Å². The first-order valence-electron chi connectivity index (χ1n) is 11.4. The SMILES string of the molecule is COCCCOc1ccc2c(c1)C1C(C3CC3)CC(C)(C)N1n1cc(C(=O)O)c(=O)cc1-2. The maximum Gasteiger partial charge on any atom is 0.341 e. The summed E-state index contributed by atoms with van der Waals surface area (Å²) in [5.41, 5.74) is 2.04. The van der Waals surface area contributed by atoms with Crippen molar-refractivity contribution in [1.82, 2.24) is 4.68 Å². The van der Waals surface area contributed by atoms with Gasteiger partial charge in [-0.15, -0.1) is 0 Å². The molecule has 1 N–H and O–H groups in total. The van der Waals surface area contributed by atoms with E-state index in [1.54, 1.807) is 7.11 Å². The second-order valence-corrected chi connectivity index (χ2v) is 9.84. The van der Waals surface area contributed by atoms with Gasteiger partial charge in [0.05, 0.1) is 23.9 Å². The molecule has 2 aromatic rings. The second-order valence-electron chi connectivity index (χ2n) is 9.84. The molecule has 2 fully saturated rings. The van der Waals surface area contributed by atoms with Gasteiger partial charge in [0.1, 0.15) is 11.3 Å². The quantitative estimate of drug-likeness (QED) is 0.662. The number of fused-ring (bicyclic) bond motifs is 6. The third kappa shape index (κ3) is 3.39. The minimum absolute atomic E-state index is 0.117. The zero-order chi connectivity index (χ0) is 22.6. The Kier molecular flexibility index (Phi) is 5.04. The largest absolute Gasteiger partial charge is 0.493 e. The Bertz CT molecular complexity index is 1120. The van der Waals surface area contributed by atoms with Gasteiger partial charge in [-0.1, -0.05) is 0 Å². The number of nitrogens with zero attached hydrogens (tertiary/aromatic N) is 2. The summed E-state index contributed by atoms with van der Waals surface area (Å²) in [5, 5.41) is 11.9. The lowest BCUT2D eigenvalue weighted by Crippen LogP contribution is -2.50.